The summed E-state index contributed by atoms with van der Waals surface area (Å²) in [5.74, 6) is 2.19. The van der Waals surface area contributed by atoms with E-state index < -0.39 is 0 Å². The van der Waals surface area contributed by atoms with E-state index in [1.54, 1.807) is 24.5 Å². The van der Waals surface area contributed by atoms with Gasteiger partial charge in [-0.2, -0.15) is 19.5 Å². The first-order chi connectivity index (χ1) is 17.5. The predicted octanol–water partition coefficient (Wildman–Crippen LogP) is 2.24. The fourth-order valence-corrected chi connectivity index (χ4v) is 5.13. The smallest absolute Gasteiger partial charge is 0.259 e. The second kappa shape index (κ2) is 9.26. The van der Waals surface area contributed by atoms with Crippen LogP contribution in [0, 0.1) is 11.7 Å². The Morgan fingerprint density at radius 1 is 1.06 bits per heavy atom. The second-order valence-electron chi connectivity index (χ2n) is 9.38. The molecule has 1 atom stereocenters. The number of anilines is 3. The molecule has 36 heavy (non-hydrogen) atoms. The number of fused-ring (bicyclic) bond motifs is 1. The van der Waals surface area contributed by atoms with E-state index in [-0.39, 0.29) is 17.5 Å². The lowest BCUT2D eigenvalue weighted by atomic mass is 9.97. The highest BCUT2D eigenvalue weighted by atomic mass is 19.1. The Balaban J connectivity index is 1.10. The average Bonchev–Trinajstić information content (AvgIpc) is 3.55. The monoisotopic (exact) mass is 493 g/mol. The number of hydrogen-bond donors (Lipinski definition) is 2. The molecule has 2 fully saturated rings. The molecule has 11 nitrogen and oxygen atoms in total. The standard InChI is InChI=1S/C24H28FN9O2/c25-18-13-17(35)5-6-19(18)32-10-8-31(9-11-32)14-16-3-1-7-33(15-16)23-28-22(26)34-24(29-23)27-21(30-34)20-4-2-12-36-20/h2,4-6,12-13,16,35H,1,3,7-11,14-15H2,(H2,26,27,28,29,30). The van der Waals surface area contributed by atoms with Gasteiger partial charge in [0.2, 0.25) is 17.7 Å². The van der Waals surface area contributed by atoms with Crippen molar-refractivity contribution in [2.45, 2.75) is 12.8 Å². The van der Waals surface area contributed by atoms with Crippen molar-refractivity contribution in [1.29, 1.82) is 0 Å². The van der Waals surface area contributed by atoms with Gasteiger partial charge < -0.3 is 25.1 Å². The van der Waals surface area contributed by atoms with Crippen LogP contribution in [-0.4, -0.2) is 80.4 Å². The van der Waals surface area contributed by atoms with Crippen LogP contribution in [0.4, 0.5) is 22.0 Å². The van der Waals surface area contributed by atoms with Crippen LogP contribution in [0.2, 0.25) is 0 Å². The minimum Gasteiger partial charge on any atom is -0.508 e. The molecule has 0 amide bonds. The van der Waals surface area contributed by atoms with E-state index >= 15 is 0 Å². The highest BCUT2D eigenvalue weighted by Crippen LogP contribution is 2.26. The highest BCUT2D eigenvalue weighted by molar-refractivity contribution is 5.53. The number of piperazine rings is 1. The third-order valence-electron chi connectivity index (χ3n) is 6.93. The normalized spacial score (nSPS) is 19.3. The number of hydrogen-bond acceptors (Lipinski definition) is 10. The summed E-state index contributed by atoms with van der Waals surface area (Å²) in [4.78, 5) is 20.3. The summed E-state index contributed by atoms with van der Waals surface area (Å²) in [5.41, 5.74) is 6.74. The first-order valence-electron chi connectivity index (χ1n) is 12.2. The Morgan fingerprint density at radius 3 is 2.69 bits per heavy atom. The molecule has 5 heterocycles. The molecular formula is C24H28FN9O2. The Labute approximate surface area is 207 Å². The fraction of sp³-hybridized carbons (Fsp3) is 0.417. The molecule has 0 aliphatic carbocycles. The van der Waals surface area contributed by atoms with E-state index in [0.29, 0.717) is 34.9 Å². The first kappa shape index (κ1) is 22.5. The Morgan fingerprint density at radius 2 is 1.92 bits per heavy atom. The van der Waals surface area contributed by atoms with Gasteiger partial charge in [0.25, 0.3) is 5.78 Å². The molecule has 2 saturated heterocycles. The summed E-state index contributed by atoms with van der Waals surface area (Å²) in [6.45, 7) is 5.89. The number of nitrogen functional groups attached to an aromatic ring is 1. The van der Waals surface area contributed by atoms with Crippen LogP contribution >= 0.6 is 0 Å². The van der Waals surface area contributed by atoms with Gasteiger partial charge in [-0.15, -0.1) is 5.10 Å². The maximum atomic E-state index is 14.3. The van der Waals surface area contributed by atoms with Crippen molar-refractivity contribution in [3.63, 3.8) is 0 Å². The van der Waals surface area contributed by atoms with Gasteiger partial charge >= 0.3 is 0 Å². The van der Waals surface area contributed by atoms with Crippen LogP contribution in [0.25, 0.3) is 17.4 Å². The number of aromatic hydroxyl groups is 1. The molecule has 1 aromatic carbocycles. The maximum absolute atomic E-state index is 14.3. The van der Waals surface area contributed by atoms with Crippen molar-refractivity contribution in [3.05, 3.63) is 42.4 Å². The van der Waals surface area contributed by atoms with Crippen molar-refractivity contribution in [3.8, 4) is 17.3 Å². The number of aromatic nitrogens is 5. The SMILES string of the molecule is Nc1nc(N2CCCC(CN3CCN(c4ccc(O)cc4F)CC3)C2)nc2nc(-c3ccco3)nn12. The predicted molar refractivity (Wildman–Crippen MR) is 132 cm³/mol. The van der Waals surface area contributed by atoms with Gasteiger partial charge in [-0.05, 0) is 43.0 Å². The third-order valence-corrected chi connectivity index (χ3v) is 6.93. The molecule has 2 aliphatic heterocycles. The fourth-order valence-electron chi connectivity index (χ4n) is 5.13. The third kappa shape index (κ3) is 4.39. The second-order valence-corrected chi connectivity index (χ2v) is 9.38. The quantitative estimate of drug-likeness (QED) is 0.428. The Bertz CT molecular complexity index is 1350. The van der Waals surface area contributed by atoms with Crippen molar-refractivity contribution in [1.82, 2.24) is 29.5 Å². The molecular weight excluding hydrogens is 465 g/mol. The van der Waals surface area contributed by atoms with Gasteiger partial charge in [-0.3, -0.25) is 4.90 Å². The maximum Gasteiger partial charge on any atom is 0.259 e. The van der Waals surface area contributed by atoms with E-state index in [4.69, 9.17) is 10.2 Å². The summed E-state index contributed by atoms with van der Waals surface area (Å²) in [6, 6.07) is 7.91. The van der Waals surface area contributed by atoms with Gasteiger partial charge in [0.15, 0.2) is 5.76 Å². The molecule has 3 aromatic heterocycles. The minimum absolute atomic E-state index is 0.0522. The Kier molecular flexibility index (Phi) is 5.80. The van der Waals surface area contributed by atoms with Gasteiger partial charge in [-0.1, -0.05) is 0 Å². The van der Waals surface area contributed by atoms with E-state index in [0.717, 1.165) is 58.7 Å². The van der Waals surface area contributed by atoms with Gasteiger partial charge in [0, 0.05) is 51.9 Å². The molecule has 2 aliphatic rings. The average molecular weight is 494 g/mol. The van der Waals surface area contributed by atoms with Crippen LogP contribution < -0.4 is 15.5 Å². The Hall–Kier alpha value is -3.93. The number of furan rings is 1. The number of nitrogens with two attached hydrogens (primary N) is 1. The van der Waals surface area contributed by atoms with E-state index in [1.807, 2.05) is 4.90 Å². The zero-order valence-electron chi connectivity index (χ0n) is 19.8. The molecule has 0 bridgehead atoms. The molecule has 1 unspecified atom stereocenters. The molecule has 3 N–H and O–H groups in total. The van der Waals surface area contributed by atoms with Crippen molar-refractivity contribution in [2.75, 3.05) is 61.3 Å². The number of benzene rings is 1. The van der Waals surface area contributed by atoms with Crippen LogP contribution in [0.1, 0.15) is 12.8 Å². The number of nitrogens with zero attached hydrogens (tertiary/aromatic N) is 8. The zero-order chi connectivity index (χ0) is 24.6. The van der Waals surface area contributed by atoms with Crippen LogP contribution in [-0.2, 0) is 0 Å². The minimum atomic E-state index is -0.383. The molecule has 0 radical (unpaired) electrons. The molecule has 6 rings (SSSR count). The molecule has 12 heteroatoms. The van der Waals surface area contributed by atoms with Crippen LogP contribution in [0.3, 0.4) is 0 Å². The van der Waals surface area contributed by atoms with Crippen molar-refractivity contribution >= 4 is 23.4 Å². The molecule has 188 valence electrons. The van der Waals surface area contributed by atoms with E-state index in [9.17, 15) is 9.50 Å². The number of piperidine rings is 1. The summed E-state index contributed by atoms with van der Waals surface area (Å²) in [7, 11) is 0. The van der Waals surface area contributed by atoms with Gasteiger partial charge in [0.05, 0.1) is 12.0 Å². The summed E-state index contributed by atoms with van der Waals surface area (Å²) >= 11 is 0. The van der Waals surface area contributed by atoms with E-state index in [1.165, 1.54) is 16.6 Å². The zero-order valence-corrected chi connectivity index (χ0v) is 19.8. The summed E-state index contributed by atoms with van der Waals surface area (Å²) in [6.07, 6.45) is 3.75. The largest absolute Gasteiger partial charge is 0.508 e. The number of rotatable bonds is 5. The van der Waals surface area contributed by atoms with Crippen molar-refractivity contribution in [2.24, 2.45) is 5.92 Å². The molecule has 4 aromatic rings. The highest BCUT2D eigenvalue weighted by Gasteiger charge is 2.27. The molecule has 0 spiro atoms. The number of phenolic OH excluding ortho intramolecular Hbond substituents is 1. The summed E-state index contributed by atoms with van der Waals surface area (Å²) in [5, 5.41) is 13.8. The van der Waals surface area contributed by atoms with Crippen LogP contribution in [0.5, 0.6) is 5.75 Å². The van der Waals surface area contributed by atoms with Gasteiger partial charge in [0.1, 0.15) is 11.6 Å². The number of halogens is 1. The molecule has 0 saturated carbocycles. The van der Waals surface area contributed by atoms with E-state index in [2.05, 4.69) is 29.9 Å². The van der Waals surface area contributed by atoms with Crippen molar-refractivity contribution < 1.29 is 13.9 Å². The lowest BCUT2D eigenvalue weighted by molar-refractivity contribution is 0.205. The summed E-state index contributed by atoms with van der Waals surface area (Å²) < 4.78 is 21.1. The van der Waals surface area contributed by atoms with Gasteiger partial charge in [-0.25, -0.2) is 4.39 Å². The lowest BCUT2D eigenvalue weighted by Crippen LogP contribution is -2.50. The first-order valence-corrected chi connectivity index (χ1v) is 12.2. The lowest BCUT2D eigenvalue weighted by Gasteiger charge is -2.40. The number of phenols is 1. The topological polar surface area (TPSA) is 125 Å². The van der Waals surface area contributed by atoms with Crippen LogP contribution in [0.15, 0.2) is 41.0 Å².